The Balaban J connectivity index is 1.69. The van der Waals surface area contributed by atoms with E-state index in [0.717, 1.165) is 20.1 Å². The highest BCUT2D eigenvalue weighted by atomic mass is 35.5. The lowest BCUT2D eigenvalue weighted by atomic mass is 10.1. The van der Waals surface area contributed by atoms with Gasteiger partial charge in [-0.05, 0) is 36.9 Å². The molecule has 0 saturated carbocycles. The van der Waals surface area contributed by atoms with E-state index in [1.165, 1.54) is 11.3 Å². The number of nitrogens with one attached hydrogen (secondary N) is 2. The lowest BCUT2D eigenvalue weighted by Crippen LogP contribution is -2.18. The zero-order valence-electron chi connectivity index (χ0n) is 12.5. The molecule has 3 rings (SSSR count). The summed E-state index contributed by atoms with van der Waals surface area (Å²) in [5.74, 6) is 6.39. The van der Waals surface area contributed by atoms with Gasteiger partial charge in [0.15, 0.2) is 11.7 Å². The molecule has 0 unspecified atom stereocenters. The molecular weight excluding hydrogens is 348 g/mol. The van der Waals surface area contributed by atoms with Crippen molar-refractivity contribution in [1.82, 2.24) is 15.5 Å². The maximum atomic E-state index is 5.90. The quantitative estimate of drug-likeness (QED) is 0.183. The van der Waals surface area contributed by atoms with Gasteiger partial charge in [0.1, 0.15) is 0 Å². The predicted molar refractivity (Wildman–Crippen MR) is 97.6 cm³/mol. The zero-order valence-corrected chi connectivity index (χ0v) is 14.1. The van der Waals surface area contributed by atoms with Gasteiger partial charge in [-0.1, -0.05) is 11.6 Å². The van der Waals surface area contributed by atoms with Gasteiger partial charge in [0, 0.05) is 15.8 Å². The van der Waals surface area contributed by atoms with Crippen LogP contribution in [0.15, 0.2) is 47.9 Å². The molecule has 3 aromatic rings. The number of nitrogen functional groups attached to an aromatic ring is 1. The van der Waals surface area contributed by atoms with Crippen molar-refractivity contribution in [1.29, 1.82) is 0 Å². The normalized spacial score (nSPS) is 11.6. The smallest absolute Gasteiger partial charge is 0.244 e. The number of hydrogen-bond donors (Lipinski definition) is 4. The molecule has 0 fully saturated rings. The molecule has 0 saturated heterocycles. The fourth-order valence-electron chi connectivity index (χ4n) is 2.11. The van der Waals surface area contributed by atoms with Crippen LogP contribution in [0.1, 0.15) is 10.4 Å². The minimum Gasteiger partial charge on any atom is -0.422 e. The number of rotatable bonds is 5. The summed E-state index contributed by atoms with van der Waals surface area (Å²) in [6.45, 7) is 4.36. The first-order valence-electron chi connectivity index (χ1n) is 6.93. The van der Waals surface area contributed by atoms with Crippen molar-refractivity contribution in [3.05, 3.63) is 57.6 Å². The number of anilines is 1. The van der Waals surface area contributed by atoms with Gasteiger partial charge in [0.25, 0.3) is 0 Å². The molecule has 9 heteroatoms. The Kier molecular flexibility index (Phi) is 4.59. The van der Waals surface area contributed by atoms with Gasteiger partial charge >= 0.3 is 0 Å². The van der Waals surface area contributed by atoms with Gasteiger partial charge in [-0.15, -0.1) is 16.4 Å². The third-order valence-electron chi connectivity index (χ3n) is 3.27. The summed E-state index contributed by atoms with van der Waals surface area (Å²) in [4.78, 5) is 1.06. The average molecular weight is 363 g/mol. The van der Waals surface area contributed by atoms with Crippen molar-refractivity contribution in [2.24, 2.45) is 10.9 Å². The Labute approximate surface area is 146 Å². The van der Waals surface area contributed by atoms with Crippen molar-refractivity contribution in [3.63, 3.8) is 0 Å². The highest BCUT2D eigenvalue weighted by molar-refractivity contribution is 7.16. The molecule has 0 atom stereocenters. The molecule has 6 N–H and O–H groups in total. The summed E-state index contributed by atoms with van der Waals surface area (Å²) in [7, 11) is 0. The first-order chi connectivity index (χ1) is 11.6. The Hall–Kier alpha value is -2.71. The molecule has 0 aliphatic carbocycles. The maximum absolute atomic E-state index is 5.90. The number of aromatic amines is 1. The number of hydrazone groups is 1. The average Bonchev–Trinajstić information content (AvgIpc) is 3.16. The topological polar surface area (TPSA) is 114 Å². The van der Waals surface area contributed by atoms with Gasteiger partial charge in [0.2, 0.25) is 5.90 Å². The molecule has 1 aromatic carbocycles. The lowest BCUT2D eigenvalue weighted by molar-refractivity contribution is 0.371. The van der Waals surface area contributed by atoms with Gasteiger partial charge in [-0.25, -0.2) is 0 Å². The third-order valence-corrected chi connectivity index (χ3v) is 4.50. The van der Waals surface area contributed by atoms with Crippen molar-refractivity contribution < 1.29 is 4.74 Å². The number of fused-ring (bicyclic) bond motifs is 1. The molecule has 0 aliphatic heterocycles. The van der Waals surface area contributed by atoms with Crippen LogP contribution >= 0.6 is 22.9 Å². The van der Waals surface area contributed by atoms with Crippen LogP contribution in [0.2, 0.25) is 4.34 Å². The van der Waals surface area contributed by atoms with E-state index in [-0.39, 0.29) is 5.90 Å². The van der Waals surface area contributed by atoms with Crippen LogP contribution in [-0.2, 0) is 11.3 Å². The summed E-state index contributed by atoms with van der Waals surface area (Å²) in [5.41, 5.74) is 7.29. The van der Waals surface area contributed by atoms with Crippen LogP contribution in [0.25, 0.3) is 10.9 Å². The number of ether oxygens (including phenoxy) is 1. The number of halogens is 1. The molecule has 0 spiro atoms. The number of H-pyrrole nitrogens is 1. The van der Waals surface area contributed by atoms with E-state index >= 15 is 0 Å². The van der Waals surface area contributed by atoms with E-state index < -0.39 is 0 Å². The summed E-state index contributed by atoms with van der Waals surface area (Å²) >= 11 is 7.38. The fourth-order valence-corrected chi connectivity index (χ4v) is 3.14. The Morgan fingerprint density at radius 3 is 2.96 bits per heavy atom. The Bertz CT molecular complexity index is 916. The third kappa shape index (κ3) is 3.44. The van der Waals surface area contributed by atoms with Crippen molar-refractivity contribution >= 4 is 45.6 Å². The van der Waals surface area contributed by atoms with Gasteiger partial charge in [0.05, 0.1) is 16.4 Å². The van der Waals surface area contributed by atoms with Crippen LogP contribution in [0.4, 0.5) is 5.82 Å². The molecule has 124 valence electrons. The number of benzene rings is 1. The molecule has 0 aliphatic rings. The second kappa shape index (κ2) is 6.81. The van der Waals surface area contributed by atoms with Gasteiger partial charge < -0.3 is 21.6 Å². The summed E-state index contributed by atoms with van der Waals surface area (Å²) in [6.07, 6.45) is 0. The first-order valence-corrected chi connectivity index (χ1v) is 8.13. The Morgan fingerprint density at radius 2 is 2.25 bits per heavy atom. The summed E-state index contributed by atoms with van der Waals surface area (Å²) < 4.78 is 6.33. The molecule has 0 radical (unpaired) electrons. The minimum atomic E-state index is 0.221. The zero-order chi connectivity index (χ0) is 17.1. The standard InChI is InChI=1S/C15H15ClN6OS/c1-8(19-7-10-3-5-13(16)24-10)23-15(20-18)9-2-4-12-11(6-9)14(17)22-21-12/h2-6,19H,1,7,18H2,(H3,17,21,22)/b20-15-. The fraction of sp³-hybridized carbons (Fsp3) is 0.0667. The van der Waals surface area contributed by atoms with Crippen LogP contribution in [0.5, 0.6) is 0 Å². The van der Waals surface area contributed by atoms with E-state index in [2.05, 4.69) is 27.2 Å². The second-order valence-electron chi connectivity index (χ2n) is 4.89. The van der Waals surface area contributed by atoms with Crippen molar-refractivity contribution in [2.45, 2.75) is 6.54 Å². The van der Waals surface area contributed by atoms with Crippen molar-refractivity contribution in [3.8, 4) is 0 Å². The molecule has 2 aromatic heterocycles. The summed E-state index contributed by atoms with van der Waals surface area (Å²) in [5, 5.41) is 14.3. The highest BCUT2D eigenvalue weighted by Crippen LogP contribution is 2.22. The number of aromatic nitrogens is 2. The van der Waals surface area contributed by atoms with Crippen LogP contribution in [0, 0.1) is 0 Å². The van der Waals surface area contributed by atoms with E-state index in [1.54, 1.807) is 12.1 Å². The van der Waals surface area contributed by atoms with Crippen molar-refractivity contribution in [2.75, 3.05) is 5.73 Å². The molecule has 24 heavy (non-hydrogen) atoms. The van der Waals surface area contributed by atoms with E-state index in [4.69, 9.17) is 27.9 Å². The predicted octanol–water partition coefficient (Wildman–Crippen LogP) is 2.76. The molecular formula is C15H15ClN6OS. The van der Waals surface area contributed by atoms with Crippen LogP contribution in [0.3, 0.4) is 0 Å². The van der Waals surface area contributed by atoms with Gasteiger partial charge in [-0.3, -0.25) is 5.10 Å². The highest BCUT2D eigenvalue weighted by Gasteiger charge is 2.11. The number of nitrogens with zero attached hydrogens (tertiary/aromatic N) is 2. The molecule has 0 amide bonds. The molecule has 7 nitrogen and oxygen atoms in total. The minimum absolute atomic E-state index is 0.221. The van der Waals surface area contributed by atoms with E-state index in [1.807, 2.05) is 18.2 Å². The maximum Gasteiger partial charge on any atom is 0.244 e. The monoisotopic (exact) mass is 362 g/mol. The second-order valence-corrected chi connectivity index (χ2v) is 6.69. The largest absolute Gasteiger partial charge is 0.422 e. The first kappa shape index (κ1) is 16.2. The number of hydrogen-bond acceptors (Lipinski definition) is 7. The van der Waals surface area contributed by atoms with Crippen LogP contribution in [-0.4, -0.2) is 16.1 Å². The SMILES string of the molecule is C=C(NCc1ccc(Cl)s1)O/C(=N\N)c1ccc2[nH]nc(N)c2c1. The van der Waals surface area contributed by atoms with E-state index in [0.29, 0.717) is 23.8 Å². The molecule has 2 heterocycles. The number of thiophene rings is 1. The summed E-state index contributed by atoms with van der Waals surface area (Å²) in [6, 6.07) is 9.20. The molecule has 0 bridgehead atoms. The lowest BCUT2D eigenvalue weighted by Gasteiger charge is -2.12. The van der Waals surface area contributed by atoms with Crippen LogP contribution < -0.4 is 16.9 Å². The van der Waals surface area contributed by atoms with Gasteiger partial charge in [-0.2, -0.15) is 5.10 Å². The Morgan fingerprint density at radius 1 is 1.42 bits per heavy atom. The van der Waals surface area contributed by atoms with E-state index in [9.17, 15) is 0 Å². The number of nitrogens with two attached hydrogens (primary N) is 2.